The fourth-order valence-electron chi connectivity index (χ4n) is 1.95. The van der Waals surface area contributed by atoms with Gasteiger partial charge in [0, 0.05) is 17.9 Å². The molecule has 1 amide bonds. The molecule has 0 aliphatic carbocycles. The van der Waals surface area contributed by atoms with Crippen molar-refractivity contribution >= 4 is 23.3 Å². The number of alkyl halides is 1. The number of aryl methyl sites for hydroxylation is 1. The second-order valence-corrected chi connectivity index (χ2v) is 5.27. The minimum absolute atomic E-state index is 0.0695. The van der Waals surface area contributed by atoms with Crippen molar-refractivity contribution in [3.8, 4) is 0 Å². The van der Waals surface area contributed by atoms with Gasteiger partial charge in [-0.05, 0) is 38.3 Å². The average Bonchev–Trinajstić information content (AvgIpc) is 2.46. The number of hydrogen-bond acceptors (Lipinski definition) is 2. The Morgan fingerprint density at radius 1 is 1.20 bits per heavy atom. The number of Topliss-reactive ketones (excluding diaryl/α,β-unsaturated/α-hetero) is 1. The molecule has 0 aliphatic rings. The van der Waals surface area contributed by atoms with E-state index in [0.29, 0.717) is 24.3 Å². The third-order valence-electron chi connectivity index (χ3n) is 3.23. The molecule has 1 N–H and O–H groups in total. The van der Waals surface area contributed by atoms with E-state index in [1.165, 1.54) is 0 Å². The van der Waals surface area contributed by atoms with E-state index in [1.54, 1.807) is 12.1 Å². The molecule has 0 aliphatic heterocycles. The highest BCUT2D eigenvalue weighted by Gasteiger charge is 2.19. The Morgan fingerprint density at radius 2 is 1.85 bits per heavy atom. The molecule has 1 rings (SSSR count). The van der Waals surface area contributed by atoms with Crippen LogP contribution in [0, 0.1) is 6.92 Å². The minimum Gasteiger partial charge on any atom is -0.342 e. The Kier molecular flexibility index (Phi) is 7.31. The molecule has 0 heterocycles. The van der Waals surface area contributed by atoms with Gasteiger partial charge in [0.05, 0.1) is 6.04 Å². The first-order valence-electron chi connectivity index (χ1n) is 7.04. The zero-order chi connectivity index (χ0) is 15.0. The number of benzene rings is 1. The van der Waals surface area contributed by atoms with Gasteiger partial charge in [-0.3, -0.25) is 9.59 Å². The molecule has 20 heavy (non-hydrogen) atoms. The lowest BCUT2D eigenvalue weighted by Gasteiger charge is -2.17. The van der Waals surface area contributed by atoms with Crippen LogP contribution in [0.15, 0.2) is 24.3 Å². The molecule has 0 saturated heterocycles. The molecule has 1 aromatic rings. The standard InChI is InChI=1S/C16H22ClNO2/c1-3-15(19)14(6-4-5-11-17)18-16(20)13-9-7-12(2)8-10-13/h7-10,14H,3-6,11H2,1-2H3,(H,18,20). The van der Waals surface area contributed by atoms with E-state index in [4.69, 9.17) is 11.6 Å². The number of carbonyl (C=O) groups excluding carboxylic acids is 2. The van der Waals surface area contributed by atoms with E-state index in [2.05, 4.69) is 5.32 Å². The van der Waals surface area contributed by atoms with E-state index < -0.39 is 6.04 Å². The summed E-state index contributed by atoms with van der Waals surface area (Å²) in [5, 5.41) is 2.83. The van der Waals surface area contributed by atoms with E-state index in [0.717, 1.165) is 18.4 Å². The first kappa shape index (κ1) is 16.7. The van der Waals surface area contributed by atoms with Crippen LogP contribution >= 0.6 is 11.6 Å². The van der Waals surface area contributed by atoms with Crippen LogP contribution in [-0.2, 0) is 4.79 Å². The zero-order valence-electron chi connectivity index (χ0n) is 12.1. The number of halogens is 1. The monoisotopic (exact) mass is 295 g/mol. The molecule has 4 heteroatoms. The number of ketones is 1. The van der Waals surface area contributed by atoms with E-state index >= 15 is 0 Å². The van der Waals surface area contributed by atoms with Crippen molar-refractivity contribution in [1.82, 2.24) is 5.32 Å². The number of nitrogens with one attached hydrogen (secondary N) is 1. The molecule has 110 valence electrons. The highest BCUT2D eigenvalue weighted by Crippen LogP contribution is 2.08. The summed E-state index contributed by atoms with van der Waals surface area (Å²) in [5.74, 6) is 0.460. The number of unbranched alkanes of at least 4 members (excludes halogenated alkanes) is 1. The van der Waals surface area contributed by atoms with Crippen LogP contribution in [0.4, 0.5) is 0 Å². The van der Waals surface area contributed by atoms with Crippen LogP contribution in [0.3, 0.4) is 0 Å². The highest BCUT2D eigenvalue weighted by atomic mass is 35.5. The number of carbonyl (C=O) groups is 2. The minimum atomic E-state index is -0.406. The molecule has 0 saturated carbocycles. The second-order valence-electron chi connectivity index (χ2n) is 4.90. The van der Waals surface area contributed by atoms with Crippen LogP contribution in [-0.4, -0.2) is 23.6 Å². The lowest BCUT2D eigenvalue weighted by atomic mass is 10.0. The largest absolute Gasteiger partial charge is 0.342 e. The summed E-state index contributed by atoms with van der Waals surface area (Å²) in [6, 6.07) is 6.92. The second kappa shape index (κ2) is 8.75. The smallest absolute Gasteiger partial charge is 0.251 e. The summed E-state index contributed by atoms with van der Waals surface area (Å²) in [7, 11) is 0. The fourth-order valence-corrected chi connectivity index (χ4v) is 2.14. The fraction of sp³-hybridized carbons (Fsp3) is 0.500. The van der Waals surface area contributed by atoms with E-state index in [9.17, 15) is 9.59 Å². The Hall–Kier alpha value is -1.35. The van der Waals surface area contributed by atoms with Gasteiger partial charge in [-0.15, -0.1) is 11.6 Å². The summed E-state index contributed by atoms with van der Waals surface area (Å²) >= 11 is 5.64. The molecule has 0 bridgehead atoms. The van der Waals surface area contributed by atoms with E-state index in [-0.39, 0.29) is 11.7 Å². The van der Waals surface area contributed by atoms with E-state index in [1.807, 2.05) is 26.0 Å². The summed E-state index contributed by atoms with van der Waals surface area (Å²) in [6.07, 6.45) is 2.78. The van der Waals surface area contributed by atoms with Crippen LogP contribution in [0.25, 0.3) is 0 Å². The molecule has 0 spiro atoms. The van der Waals surface area contributed by atoms with Crippen molar-refractivity contribution < 1.29 is 9.59 Å². The normalized spacial score (nSPS) is 11.9. The molecular formula is C16H22ClNO2. The van der Waals surface area contributed by atoms with Crippen LogP contribution in [0.2, 0.25) is 0 Å². The molecule has 0 aromatic heterocycles. The third kappa shape index (κ3) is 5.33. The van der Waals surface area contributed by atoms with Gasteiger partial charge in [0.1, 0.15) is 0 Å². The maximum atomic E-state index is 12.1. The summed E-state index contributed by atoms with van der Waals surface area (Å²) in [6.45, 7) is 3.78. The van der Waals surface area contributed by atoms with Gasteiger partial charge < -0.3 is 5.32 Å². The van der Waals surface area contributed by atoms with Crippen LogP contribution in [0.5, 0.6) is 0 Å². The molecule has 1 atom stereocenters. The lowest BCUT2D eigenvalue weighted by Crippen LogP contribution is -2.40. The van der Waals surface area contributed by atoms with Gasteiger partial charge in [-0.25, -0.2) is 0 Å². The summed E-state index contributed by atoms with van der Waals surface area (Å²) in [5.41, 5.74) is 1.69. The van der Waals surface area contributed by atoms with Crippen molar-refractivity contribution in [1.29, 1.82) is 0 Å². The van der Waals surface area contributed by atoms with Crippen molar-refractivity contribution in [2.75, 3.05) is 5.88 Å². The number of hydrogen-bond donors (Lipinski definition) is 1. The highest BCUT2D eigenvalue weighted by molar-refractivity contribution is 6.17. The Morgan fingerprint density at radius 3 is 2.40 bits per heavy atom. The number of amides is 1. The van der Waals surface area contributed by atoms with Gasteiger partial charge in [0.15, 0.2) is 5.78 Å². The Bertz CT molecular complexity index is 442. The molecule has 1 aromatic carbocycles. The average molecular weight is 296 g/mol. The van der Waals surface area contributed by atoms with Gasteiger partial charge >= 0.3 is 0 Å². The summed E-state index contributed by atoms with van der Waals surface area (Å²) < 4.78 is 0. The number of rotatable bonds is 8. The predicted octanol–water partition coefficient (Wildman–Crippen LogP) is 3.48. The molecular weight excluding hydrogens is 274 g/mol. The maximum Gasteiger partial charge on any atom is 0.251 e. The SMILES string of the molecule is CCC(=O)C(CCCCCl)NC(=O)c1ccc(C)cc1. The predicted molar refractivity (Wildman–Crippen MR) is 82.3 cm³/mol. The van der Waals surface area contributed by atoms with Crippen LogP contribution in [0.1, 0.15) is 48.5 Å². The maximum absolute atomic E-state index is 12.1. The third-order valence-corrected chi connectivity index (χ3v) is 3.50. The van der Waals surface area contributed by atoms with Gasteiger partial charge in [-0.1, -0.05) is 24.6 Å². The van der Waals surface area contributed by atoms with Gasteiger partial charge in [0.2, 0.25) is 0 Å². The molecule has 1 unspecified atom stereocenters. The van der Waals surface area contributed by atoms with Crippen molar-refractivity contribution in [3.05, 3.63) is 35.4 Å². The molecule has 0 radical (unpaired) electrons. The van der Waals surface area contributed by atoms with Crippen LogP contribution < -0.4 is 5.32 Å². The lowest BCUT2D eigenvalue weighted by molar-refractivity contribution is -0.120. The van der Waals surface area contributed by atoms with Gasteiger partial charge in [-0.2, -0.15) is 0 Å². The first-order chi connectivity index (χ1) is 9.58. The van der Waals surface area contributed by atoms with Crippen molar-refractivity contribution in [2.45, 2.75) is 45.6 Å². The Labute approximate surface area is 125 Å². The Balaban J connectivity index is 2.65. The van der Waals surface area contributed by atoms with Crippen molar-refractivity contribution in [2.24, 2.45) is 0 Å². The zero-order valence-corrected chi connectivity index (χ0v) is 12.9. The molecule has 3 nitrogen and oxygen atoms in total. The summed E-state index contributed by atoms with van der Waals surface area (Å²) in [4.78, 5) is 24.0. The van der Waals surface area contributed by atoms with Crippen molar-refractivity contribution in [3.63, 3.8) is 0 Å². The van der Waals surface area contributed by atoms with Gasteiger partial charge in [0.25, 0.3) is 5.91 Å². The molecule has 0 fully saturated rings. The quantitative estimate of drug-likeness (QED) is 0.589. The topological polar surface area (TPSA) is 46.2 Å². The first-order valence-corrected chi connectivity index (χ1v) is 7.58.